The second-order valence-corrected chi connectivity index (χ2v) is 6.25. The monoisotopic (exact) mass is 325 g/mol. The second-order valence-electron chi connectivity index (χ2n) is 5.43. The second kappa shape index (κ2) is 6.25. The summed E-state index contributed by atoms with van der Waals surface area (Å²) < 4.78 is 13.5. The Morgan fingerprint density at radius 3 is 1.90 bits per heavy atom. The van der Waals surface area contributed by atoms with Crippen molar-refractivity contribution in [1.82, 2.24) is 0 Å². The highest BCUT2D eigenvalue weighted by Gasteiger charge is 2.14. The van der Waals surface area contributed by atoms with Crippen LogP contribution >= 0.6 is 23.2 Å². The number of halogens is 3. The Morgan fingerprint density at radius 1 is 0.952 bits per heavy atom. The molecule has 1 N–H and O–H groups in total. The van der Waals surface area contributed by atoms with Gasteiger partial charge in [0, 0.05) is 11.7 Å². The zero-order chi connectivity index (χ0) is 15.7. The van der Waals surface area contributed by atoms with Gasteiger partial charge in [0.2, 0.25) is 0 Å². The van der Waals surface area contributed by atoms with Crippen molar-refractivity contribution in [1.29, 1.82) is 0 Å². The van der Waals surface area contributed by atoms with Crippen molar-refractivity contribution in [3.63, 3.8) is 0 Å². The largest absolute Gasteiger partial charge is 0.378 e. The van der Waals surface area contributed by atoms with Crippen LogP contribution in [-0.4, -0.2) is 0 Å². The van der Waals surface area contributed by atoms with Crippen molar-refractivity contribution in [2.24, 2.45) is 0 Å². The molecule has 2 aromatic rings. The van der Waals surface area contributed by atoms with Crippen molar-refractivity contribution in [3.05, 3.63) is 62.4 Å². The van der Waals surface area contributed by atoms with Crippen LogP contribution in [0.1, 0.15) is 35.2 Å². The topological polar surface area (TPSA) is 12.0 Å². The van der Waals surface area contributed by atoms with Gasteiger partial charge in [-0.05, 0) is 56.5 Å². The maximum absolute atomic E-state index is 13.5. The van der Waals surface area contributed by atoms with Crippen LogP contribution in [0.4, 0.5) is 10.1 Å². The van der Waals surface area contributed by atoms with E-state index in [1.807, 2.05) is 0 Å². The number of aryl methyl sites for hydroxylation is 3. The van der Waals surface area contributed by atoms with Crippen molar-refractivity contribution in [3.8, 4) is 0 Å². The first kappa shape index (κ1) is 16.1. The number of anilines is 1. The summed E-state index contributed by atoms with van der Waals surface area (Å²) in [6, 6.07) is 7.50. The molecule has 2 rings (SSSR count). The number of benzene rings is 2. The minimum atomic E-state index is -0.584. The van der Waals surface area contributed by atoms with E-state index in [0.717, 1.165) is 0 Å². The first-order valence-corrected chi connectivity index (χ1v) is 7.54. The maximum atomic E-state index is 13.5. The van der Waals surface area contributed by atoms with Crippen molar-refractivity contribution in [2.75, 3.05) is 5.32 Å². The van der Waals surface area contributed by atoms with Gasteiger partial charge in [-0.25, -0.2) is 4.39 Å². The van der Waals surface area contributed by atoms with Gasteiger partial charge in [0.15, 0.2) is 5.82 Å². The fourth-order valence-corrected chi connectivity index (χ4v) is 3.32. The van der Waals surface area contributed by atoms with Gasteiger partial charge in [0.25, 0.3) is 0 Å². The molecule has 21 heavy (non-hydrogen) atoms. The van der Waals surface area contributed by atoms with Gasteiger partial charge in [-0.1, -0.05) is 40.9 Å². The van der Waals surface area contributed by atoms with Gasteiger partial charge in [-0.2, -0.15) is 0 Å². The Bertz CT molecular complexity index is 636. The van der Waals surface area contributed by atoms with Crippen molar-refractivity contribution < 1.29 is 4.39 Å². The van der Waals surface area contributed by atoms with Gasteiger partial charge < -0.3 is 5.32 Å². The summed E-state index contributed by atoms with van der Waals surface area (Å²) in [7, 11) is 0. The third-order valence-corrected chi connectivity index (χ3v) is 4.09. The number of hydrogen-bond donors (Lipinski definition) is 1. The molecule has 0 amide bonds. The van der Waals surface area contributed by atoms with E-state index < -0.39 is 5.82 Å². The fourth-order valence-electron chi connectivity index (χ4n) is 2.84. The summed E-state index contributed by atoms with van der Waals surface area (Å²) in [5.74, 6) is -0.584. The Hall–Kier alpha value is -1.25. The molecule has 0 aliphatic carbocycles. The van der Waals surface area contributed by atoms with Crippen LogP contribution in [0.15, 0.2) is 24.3 Å². The summed E-state index contributed by atoms with van der Waals surface area (Å²) in [5.41, 5.74) is 5.64. The summed E-state index contributed by atoms with van der Waals surface area (Å²) in [6.07, 6.45) is 0. The lowest BCUT2D eigenvalue weighted by molar-refractivity contribution is 0.628. The molecule has 0 saturated carbocycles. The molecule has 0 fully saturated rings. The summed E-state index contributed by atoms with van der Waals surface area (Å²) in [5, 5.41) is 3.38. The van der Waals surface area contributed by atoms with E-state index in [2.05, 4.69) is 45.1 Å². The third-order valence-electron chi connectivity index (χ3n) is 3.54. The van der Waals surface area contributed by atoms with Crippen molar-refractivity contribution >= 4 is 28.9 Å². The highest BCUT2D eigenvalue weighted by atomic mass is 35.5. The summed E-state index contributed by atoms with van der Waals surface area (Å²) >= 11 is 11.7. The molecule has 112 valence electrons. The summed E-state index contributed by atoms with van der Waals surface area (Å²) in [6.45, 7) is 8.34. The van der Waals surface area contributed by atoms with E-state index in [0.29, 0.717) is 5.69 Å². The van der Waals surface area contributed by atoms with E-state index >= 15 is 0 Å². The molecule has 0 heterocycles. The molecule has 0 aliphatic heterocycles. The van der Waals surface area contributed by atoms with E-state index in [9.17, 15) is 4.39 Å². The maximum Gasteiger partial charge on any atom is 0.160 e. The third kappa shape index (κ3) is 3.50. The zero-order valence-electron chi connectivity index (χ0n) is 12.5. The molecule has 0 bridgehead atoms. The fraction of sp³-hybridized carbons (Fsp3) is 0.294. The molecule has 0 aliphatic rings. The standard InChI is InChI=1S/C17H18Cl2FN/c1-9-5-10(2)16(11(3)6-9)12(4)21-13-7-14(18)17(20)15(19)8-13/h5-8,12,21H,1-4H3. The predicted molar refractivity (Wildman–Crippen MR) is 89.1 cm³/mol. The molecular weight excluding hydrogens is 308 g/mol. The van der Waals surface area contributed by atoms with Crippen LogP contribution in [0, 0.1) is 26.6 Å². The quantitative estimate of drug-likeness (QED) is 0.659. The Balaban J connectivity index is 2.32. The van der Waals surface area contributed by atoms with Crippen molar-refractivity contribution in [2.45, 2.75) is 33.7 Å². The van der Waals surface area contributed by atoms with E-state index in [-0.39, 0.29) is 16.1 Å². The van der Waals surface area contributed by atoms with Crippen LogP contribution in [0.5, 0.6) is 0 Å². The lowest BCUT2D eigenvalue weighted by atomic mass is 9.95. The van der Waals surface area contributed by atoms with E-state index in [4.69, 9.17) is 23.2 Å². The molecule has 4 heteroatoms. The van der Waals surface area contributed by atoms with Crippen LogP contribution in [0.3, 0.4) is 0 Å². The average molecular weight is 326 g/mol. The molecular formula is C17H18Cl2FN. The predicted octanol–water partition coefficient (Wildman–Crippen LogP) is 6.23. The zero-order valence-corrected chi connectivity index (χ0v) is 14.0. The molecule has 1 atom stereocenters. The first-order valence-electron chi connectivity index (χ1n) is 6.78. The first-order chi connectivity index (χ1) is 9.79. The molecule has 1 nitrogen and oxygen atoms in total. The lowest BCUT2D eigenvalue weighted by Gasteiger charge is -2.21. The summed E-state index contributed by atoms with van der Waals surface area (Å²) in [4.78, 5) is 0. The average Bonchev–Trinajstić information content (AvgIpc) is 2.34. The Kier molecular flexibility index (Phi) is 4.80. The van der Waals surface area contributed by atoms with Crippen LogP contribution in [-0.2, 0) is 0 Å². The van der Waals surface area contributed by atoms with Gasteiger partial charge in [-0.3, -0.25) is 0 Å². The Morgan fingerprint density at radius 2 is 1.43 bits per heavy atom. The van der Waals surface area contributed by atoms with E-state index in [1.54, 1.807) is 12.1 Å². The smallest absolute Gasteiger partial charge is 0.160 e. The van der Waals surface area contributed by atoms with Crippen LogP contribution in [0.2, 0.25) is 10.0 Å². The van der Waals surface area contributed by atoms with E-state index in [1.165, 1.54) is 22.3 Å². The molecule has 0 aromatic heterocycles. The SMILES string of the molecule is Cc1cc(C)c(C(C)Nc2cc(Cl)c(F)c(Cl)c2)c(C)c1. The van der Waals surface area contributed by atoms with Gasteiger partial charge in [0.05, 0.1) is 10.0 Å². The molecule has 2 aromatic carbocycles. The Labute approximate surface area is 135 Å². The van der Waals surface area contributed by atoms with Gasteiger partial charge >= 0.3 is 0 Å². The minimum Gasteiger partial charge on any atom is -0.378 e. The van der Waals surface area contributed by atoms with Crippen LogP contribution < -0.4 is 5.32 Å². The highest BCUT2D eigenvalue weighted by Crippen LogP contribution is 2.31. The molecule has 1 unspecified atom stereocenters. The van der Waals surface area contributed by atoms with Gasteiger partial charge in [-0.15, -0.1) is 0 Å². The van der Waals surface area contributed by atoms with Gasteiger partial charge in [0.1, 0.15) is 0 Å². The number of nitrogens with one attached hydrogen (secondary N) is 1. The minimum absolute atomic E-state index is 0.0227. The molecule has 0 spiro atoms. The lowest BCUT2D eigenvalue weighted by Crippen LogP contribution is -2.10. The van der Waals surface area contributed by atoms with Crippen LogP contribution in [0.25, 0.3) is 0 Å². The normalized spacial score (nSPS) is 12.3. The highest BCUT2D eigenvalue weighted by molar-refractivity contribution is 6.35. The molecule has 0 saturated heterocycles. The molecule has 0 radical (unpaired) electrons. The number of rotatable bonds is 3. The number of hydrogen-bond acceptors (Lipinski definition) is 1.